The Hall–Kier alpha value is -2.88. The number of hydrogen-bond acceptors (Lipinski definition) is 6. The Balaban J connectivity index is 1.47. The van der Waals surface area contributed by atoms with Crippen LogP contribution in [0, 0.1) is 0 Å². The van der Waals surface area contributed by atoms with Crippen LogP contribution in [-0.2, 0) is 10.0 Å². The van der Waals surface area contributed by atoms with E-state index in [-0.39, 0.29) is 5.91 Å². The molecule has 9 heteroatoms. The largest absolute Gasteiger partial charge is 0.493 e. The minimum Gasteiger partial charge on any atom is -0.493 e. The van der Waals surface area contributed by atoms with E-state index < -0.39 is 10.0 Å². The van der Waals surface area contributed by atoms with Crippen molar-refractivity contribution in [2.24, 2.45) is 0 Å². The third-order valence-corrected chi connectivity index (χ3v) is 9.06. The minimum atomic E-state index is -3.45. The van der Waals surface area contributed by atoms with Crippen molar-refractivity contribution >= 4 is 33.0 Å². The summed E-state index contributed by atoms with van der Waals surface area (Å²) in [6.45, 7) is 1.17. The minimum absolute atomic E-state index is 0.256. The highest BCUT2D eigenvalue weighted by Gasteiger charge is 2.27. The van der Waals surface area contributed by atoms with E-state index in [1.54, 1.807) is 47.8 Å². The standard InChI is InChI=1S/C24H26N2O5S2/c1-30-20-11-10-19(16-21(20)31-2)25-24(27)18-8-6-17(7-9-18)22-12-13-23(32-22)33(28,29)26-14-4-3-5-15-26/h6-13,16H,3-5,14-15H2,1-2H3,(H,25,27). The van der Waals surface area contributed by atoms with Gasteiger partial charge in [0.1, 0.15) is 4.21 Å². The zero-order valence-electron chi connectivity index (χ0n) is 18.5. The molecule has 1 aliphatic rings. The second-order valence-electron chi connectivity index (χ2n) is 7.68. The molecule has 1 saturated heterocycles. The number of rotatable bonds is 7. The SMILES string of the molecule is COc1ccc(NC(=O)c2ccc(-c3ccc(S(=O)(=O)N4CCCCC4)s3)cc2)cc1OC. The maximum atomic E-state index is 12.9. The van der Waals surface area contributed by atoms with Crippen molar-refractivity contribution in [3.8, 4) is 21.9 Å². The van der Waals surface area contributed by atoms with Crippen LogP contribution in [0.15, 0.2) is 58.8 Å². The number of sulfonamides is 1. The molecular weight excluding hydrogens is 460 g/mol. The number of piperidine rings is 1. The summed E-state index contributed by atoms with van der Waals surface area (Å²) in [5.74, 6) is 0.851. The number of nitrogens with one attached hydrogen (secondary N) is 1. The van der Waals surface area contributed by atoms with E-state index in [9.17, 15) is 13.2 Å². The lowest BCUT2D eigenvalue weighted by molar-refractivity contribution is 0.102. The molecular formula is C24H26N2O5S2. The fourth-order valence-electron chi connectivity index (χ4n) is 3.75. The molecule has 1 N–H and O–H groups in total. The molecule has 3 aromatic rings. The van der Waals surface area contributed by atoms with Gasteiger partial charge in [-0.25, -0.2) is 8.42 Å². The molecule has 0 bridgehead atoms. The average Bonchev–Trinajstić information content (AvgIpc) is 3.36. The van der Waals surface area contributed by atoms with Crippen LogP contribution in [0.3, 0.4) is 0 Å². The molecule has 174 valence electrons. The van der Waals surface area contributed by atoms with E-state index in [0.717, 1.165) is 29.7 Å². The lowest BCUT2D eigenvalue weighted by Crippen LogP contribution is -2.35. The summed E-state index contributed by atoms with van der Waals surface area (Å²) in [5, 5.41) is 2.85. The van der Waals surface area contributed by atoms with Crippen molar-refractivity contribution in [3.63, 3.8) is 0 Å². The van der Waals surface area contributed by atoms with Crippen LogP contribution >= 0.6 is 11.3 Å². The Morgan fingerprint density at radius 2 is 1.61 bits per heavy atom. The molecule has 1 aromatic heterocycles. The highest BCUT2D eigenvalue weighted by atomic mass is 32.2. The molecule has 0 unspecified atom stereocenters. The highest BCUT2D eigenvalue weighted by molar-refractivity contribution is 7.91. The van der Waals surface area contributed by atoms with Gasteiger partial charge in [-0.2, -0.15) is 4.31 Å². The molecule has 0 aliphatic carbocycles. The van der Waals surface area contributed by atoms with Gasteiger partial charge < -0.3 is 14.8 Å². The predicted molar refractivity (Wildman–Crippen MR) is 130 cm³/mol. The number of anilines is 1. The van der Waals surface area contributed by atoms with Gasteiger partial charge >= 0.3 is 0 Å². The number of methoxy groups -OCH3 is 2. The molecule has 0 saturated carbocycles. The fraction of sp³-hybridized carbons (Fsp3) is 0.292. The van der Waals surface area contributed by atoms with Crippen molar-refractivity contribution in [2.75, 3.05) is 32.6 Å². The third-order valence-electron chi connectivity index (χ3n) is 5.56. The molecule has 2 heterocycles. The Kier molecular flexibility index (Phi) is 7.02. The third kappa shape index (κ3) is 5.05. The molecule has 33 heavy (non-hydrogen) atoms. The number of carbonyl (C=O) groups is 1. The van der Waals surface area contributed by atoms with Crippen LogP contribution in [0.5, 0.6) is 11.5 Å². The normalized spacial score (nSPS) is 14.6. The van der Waals surface area contributed by atoms with Gasteiger partial charge in [0, 0.05) is 35.3 Å². The Bertz CT molecular complexity index is 1230. The van der Waals surface area contributed by atoms with E-state index in [4.69, 9.17) is 9.47 Å². The Labute approximate surface area is 198 Å². The van der Waals surface area contributed by atoms with Crippen LogP contribution in [0.2, 0.25) is 0 Å². The van der Waals surface area contributed by atoms with Crippen molar-refractivity contribution in [3.05, 3.63) is 60.2 Å². The van der Waals surface area contributed by atoms with Gasteiger partial charge in [-0.15, -0.1) is 11.3 Å². The molecule has 0 spiro atoms. The molecule has 1 fully saturated rings. The molecule has 0 radical (unpaired) electrons. The molecule has 7 nitrogen and oxygen atoms in total. The van der Waals surface area contributed by atoms with E-state index in [0.29, 0.717) is 40.0 Å². The van der Waals surface area contributed by atoms with Crippen molar-refractivity contribution in [2.45, 2.75) is 23.5 Å². The molecule has 1 amide bonds. The first-order valence-electron chi connectivity index (χ1n) is 10.7. The van der Waals surface area contributed by atoms with E-state index >= 15 is 0 Å². The topological polar surface area (TPSA) is 84.9 Å². The van der Waals surface area contributed by atoms with Crippen LogP contribution in [0.1, 0.15) is 29.6 Å². The summed E-state index contributed by atoms with van der Waals surface area (Å²) in [7, 11) is -0.357. The van der Waals surface area contributed by atoms with Crippen LogP contribution in [-0.4, -0.2) is 45.9 Å². The van der Waals surface area contributed by atoms with Gasteiger partial charge in [0.15, 0.2) is 11.5 Å². The predicted octanol–water partition coefficient (Wildman–Crippen LogP) is 4.86. The summed E-state index contributed by atoms with van der Waals surface area (Å²) < 4.78 is 38.2. The number of thiophene rings is 1. The lowest BCUT2D eigenvalue weighted by atomic mass is 10.1. The van der Waals surface area contributed by atoms with Gasteiger partial charge in [-0.1, -0.05) is 18.6 Å². The summed E-state index contributed by atoms with van der Waals surface area (Å²) >= 11 is 1.26. The molecule has 2 aromatic carbocycles. The first-order valence-corrected chi connectivity index (χ1v) is 12.9. The molecule has 0 atom stereocenters. The fourth-order valence-corrected chi connectivity index (χ4v) is 6.73. The van der Waals surface area contributed by atoms with Crippen LogP contribution < -0.4 is 14.8 Å². The first-order chi connectivity index (χ1) is 15.9. The summed E-state index contributed by atoms with van der Waals surface area (Å²) in [4.78, 5) is 13.5. The highest BCUT2D eigenvalue weighted by Crippen LogP contribution is 2.34. The zero-order chi connectivity index (χ0) is 23.4. The Morgan fingerprint density at radius 1 is 0.909 bits per heavy atom. The lowest BCUT2D eigenvalue weighted by Gasteiger charge is -2.25. The van der Waals surface area contributed by atoms with E-state index in [1.165, 1.54) is 18.4 Å². The number of benzene rings is 2. The van der Waals surface area contributed by atoms with E-state index in [1.807, 2.05) is 18.2 Å². The second kappa shape index (κ2) is 9.94. The second-order valence-corrected chi connectivity index (χ2v) is 10.9. The maximum absolute atomic E-state index is 12.9. The Morgan fingerprint density at radius 3 is 2.27 bits per heavy atom. The maximum Gasteiger partial charge on any atom is 0.255 e. The number of hydrogen-bond donors (Lipinski definition) is 1. The van der Waals surface area contributed by atoms with Gasteiger partial charge in [-0.3, -0.25) is 4.79 Å². The van der Waals surface area contributed by atoms with Crippen molar-refractivity contribution < 1.29 is 22.7 Å². The van der Waals surface area contributed by atoms with Crippen LogP contribution in [0.25, 0.3) is 10.4 Å². The van der Waals surface area contributed by atoms with Crippen molar-refractivity contribution in [1.82, 2.24) is 4.31 Å². The van der Waals surface area contributed by atoms with E-state index in [2.05, 4.69) is 5.32 Å². The van der Waals surface area contributed by atoms with Crippen molar-refractivity contribution in [1.29, 1.82) is 0 Å². The molecule has 4 rings (SSSR count). The zero-order valence-corrected chi connectivity index (χ0v) is 20.2. The van der Waals surface area contributed by atoms with Crippen LogP contribution in [0.4, 0.5) is 5.69 Å². The summed E-state index contributed by atoms with van der Waals surface area (Å²) in [6, 6.07) is 15.8. The van der Waals surface area contributed by atoms with Gasteiger partial charge in [-0.05, 0) is 54.8 Å². The summed E-state index contributed by atoms with van der Waals surface area (Å²) in [5.41, 5.74) is 1.95. The monoisotopic (exact) mass is 486 g/mol. The van der Waals surface area contributed by atoms with Gasteiger partial charge in [0.05, 0.1) is 14.2 Å². The number of ether oxygens (including phenoxy) is 2. The average molecular weight is 487 g/mol. The molecule has 1 aliphatic heterocycles. The first kappa shape index (κ1) is 23.3. The summed E-state index contributed by atoms with van der Waals surface area (Å²) in [6.07, 6.45) is 2.89. The number of amides is 1. The number of nitrogens with zero attached hydrogens (tertiary/aromatic N) is 1. The smallest absolute Gasteiger partial charge is 0.255 e. The number of carbonyl (C=O) groups excluding carboxylic acids is 1. The van der Waals surface area contributed by atoms with Gasteiger partial charge in [0.2, 0.25) is 0 Å². The van der Waals surface area contributed by atoms with Gasteiger partial charge in [0.25, 0.3) is 15.9 Å². The quantitative estimate of drug-likeness (QED) is 0.516.